The number of methoxy groups -OCH3 is 1. The van der Waals surface area contributed by atoms with E-state index in [2.05, 4.69) is 10.2 Å². The molecule has 0 saturated carbocycles. The van der Waals surface area contributed by atoms with Gasteiger partial charge in [0.05, 0.1) is 13.7 Å². The molecule has 0 spiro atoms. The number of nitrogens with two attached hydrogens (primary N) is 1. The van der Waals surface area contributed by atoms with Gasteiger partial charge in [0.2, 0.25) is 5.91 Å². The number of ether oxygens (including phenoxy) is 1. The van der Waals surface area contributed by atoms with Gasteiger partial charge in [0.15, 0.2) is 0 Å². The van der Waals surface area contributed by atoms with Gasteiger partial charge in [-0.15, -0.1) is 0 Å². The molecule has 1 amide bonds. The van der Waals surface area contributed by atoms with Crippen molar-refractivity contribution in [2.24, 2.45) is 5.73 Å². The smallest absolute Gasteiger partial charge is 0.238 e. The largest absolute Gasteiger partial charge is 0.497 e. The van der Waals surface area contributed by atoms with Gasteiger partial charge in [-0.25, -0.2) is 0 Å². The second-order valence-electron chi connectivity index (χ2n) is 4.56. The molecule has 2 rings (SSSR count). The fourth-order valence-electron chi connectivity index (χ4n) is 2.11. The fourth-order valence-corrected chi connectivity index (χ4v) is 2.11. The third-order valence-corrected chi connectivity index (χ3v) is 3.03. The van der Waals surface area contributed by atoms with E-state index < -0.39 is 0 Å². The maximum Gasteiger partial charge on any atom is 0.238 e. The number of nitrogens with one attached hydrogen (secondary N) is 1. The average molecular weight is 249 g/mol. The summed E-state index contributed by atoms with van der Waals surface area (Å²) in [5.74, 6) is 0.716. The minimum atomic E-state index is -0.0163. The Kier molecular flexibility index (Phi) is 4.17. The molecule has 1 fully saturated rings. The second kappa shape index (κ2) is 5.84. The van der Waals surface area contributed by atoms with E-state index in [0.29, 0.717) is 6.54 Å². The third kappa shape index (κ3) is 3.45. The number of hydrogen-bond donors (Lipinski definition) is 2. The van der Waals surface area contributed by atoms with Gasteiger partial charge in [-0.2, -0.15) is 0 Å². The van der Waals surface area contributed by atoms with Crippen molar-refractivity contribution < 1.29 is 9.53 Å². The number of carbonyl (C=O) groups excluding carboxylic acids is 1. The zero-order valence-corrected chi connectivity index (χ0v) is 10.6. The Morgan fingerprint density at radius 2 is 2.44 bits per heavy atom. The Morgan fingerprint density at radius 1 is 1.61 bits per heavy atom. The van der Waals surface area contributed by atoms with E-state index in [1.807, 2.05) is 18.2 Å². The van der Waals surface area contributed by atoms with Gasteiger partial charge in [-0.1, -0.05) is 6.07 Å². The summed E-state index contributed by atoms with van der Waals surface area (Å²) < 4.78 is 5.11. The predicted molar refractivity (Wildman–Crippen MR) is 70.7 cm³/mol. The summed E-state index contributed by atoms with van der Waals surface area (Å²) in [4.78, 5) is 13.9. The Bertz CT molecular complexity index is 422. The van der Waals surface area contributed by atoms with Gasteiger partial charge in [-0.3, -0.25) is 9.69 Å². The highest BCUT2D eigenvalue weighted by Gasteiger charge is 2.20. The van der Waals surface area contributed by atoms with Gasteiger partial charge < -0.3 is 15.8 Å². The Morgan fingerprint density at radius 3 is 3.11 bits per heavy atom. The molecule has 0 unspecified atom stereocenters. The number of amides is 1. The topological polar surface area (TPSA) is 67.6 Å². The first kappa shape index (κ1) is 12.9. The lowest BCUT2D eigenvalue weighted by Gasteiger charge is -2.14. The van der Waals surface area contributed by atoms with Gasteiger partial charge in [-0.05, 0) is 18.6 Å². The van der Waals surface area contributed by atoms with Crippen LogP contribution in [0.1, 0.15) is 6.42 Å². The summed E-state index contributed by atoms with van der Waals surface area (Å²) in [5.41, 5.74) is 6.55. The van der Waals surface area contributed by atoms with Crippen molar-refractivity contribution in [1.29, 1.82) is 0 Å². The van der Waals surface area contributed by atoms with Crippen LogP contribution in [0.2, 0.25) is 0 Å². The molecule has 18 heavy (non-hydrogen) atoms. The molecule has 5 nitrogen and oxygen atoms in total. The Labute approximate surface area is 107 Å². The number of carbonyl (C=O) groups is 1. The summed E-state index contributed by atoms with van der Waals surface area (Å²) in [6.07, 6.45) is 0.965. The SMILES string of the molecule is COc1cccc(NC(=O)CN2CC[C@H](N)C2)c1. The molecule has 0 bridgehead atoms. The molecule has 1 aliphatic heterocycles. The van der Waals surface area contributed by atoms with Crippen LogP contribution in [0.25, 0.3) is 0 Å². The molecule has 0 aromatic heterocycles. The molecule has 1 saturated heterocycles. The molecule has 1 aromatic rings. The van der Waals surface area contributed by atoms with E-state index in [4.69, 9.17) is 10.5 Å². The maximum atomic E-state index is 11.8. The van der Waals surface area contributed by atoms with Crippen molar-refractivity contribution in [3.05, 3.63) is 24.3 Å². The summed E-state index contributed by atoms with van der Waals surface area (Å²) in [6.45, 7) is 2.09. The normalized spacial score (nSPS) is 19.8. The van der Waals surface area contributed by atoms with Crippen LogP contribution in [-0.4, -0.2) is 43.6 Å². The highest BCUT2D eigenvalue weighted by Crippen LogP contribution is 2.16. The third-order valence-electron chi connectivity index (χ3n) is 3.03. The van der Waals surface area contributed by atoms with Crippen molar-refractivity contribution in [2.75, 3.05) is 32.1 Å². The maximum absolute atomic E-state index is 11.8. The van der Waals surface area contributed by atoms with Crippen molar-refractivity contribution in [1.82, 2.24) is 4.90 Å². The van der Waals surface area contributed by atoms with Crippen LogP contribution in [0.5, 0.6) is 5.75 Å². The number of rotatable bonds is 4. The van der Waals surface area contributed by atoms with Gasteiger partial charge >= 0.3 is 0 Å². The predicted octanol–water partition coefficient (Wildman–Crippen LogP) is 0.667. The zero-order chi connectivity index (χ0) is 13.0. The van der Waals surface area contributed by atoms with Crippen LogP contribution in [0.15, 0.2) is 24.3 Å². The lowest BCUT2D eigenvalue weighted by atomic mass is 10.3. The molecule has 1 aliphatic rings. The minimum absolute atomic E-state index is 0.0163. The Balaban J connectivity index is 1.86. The molecular formula is C13H19N3O2. The fraction of sp³-hybridized carbons (Fsp3) is 0.462. The summed E-state index contributed by atoms with van der Waals surface area (Å²) >= 11 is 0. The molecule has 0 aliphatic carbocycles. The highest BCUT2D eigenvalue weighted by atomic mass is 16.5. The van der Waals surface area contributed by atoms with E-state index in [0.717, 1.165) is 30.9 Å². The quantitative estimate of drug-likeness (QED) is 0.823. The van der Waals surface area contributed by atoms with Gasteiger partial charge in [0.25, 0.3) is 0 Å². The second-order valence-corrected chi connectivity index (χ2v) is 4.56. The van der Waals surface area contributed by atoms with Crippen LogP contribution in [-0.2, 0) is 4.79 Å². The zero-order valence-electron chi connectivity index (χ0n) is 10.6. The van der Waals surface area contributed by atoms with Crippen LogP contribution in [0.3, 0.4) is 0 Å². The number of likely N-dealkylation sites (tertiary alicyclic amines) is 1. The van der Waals surface area contributed by atoms with Crippen LogP contribution < -0.4 is 15.8 Å². The van der Waals surface area contributed by atoms with Crippen molar-refractivity contribution in [3.8, 4) is 5.75 Å². The number of nitrogens with zero attached hydrogens (tertiary/aromatic N) is 1. The molecule has 1 heterocycles. The highest BCUT2D eigenvalue weighted by molar-refractivity contribution is 5.92. The van der Waals surface area contributed by atoms with E-state index in [-0.39, 0.29) is 11.9 Å². The van der Waals surface area contributed by atoms with Gasteiger partial charge in [0, 0.05) is 30.9 Å². The van der Waals surface area contributed by atoms with Crippen molar-refractivity contribution in [2.45, 2.75) is 12.5 Å². The molecule has 5 heteroatoms. The van der Waals surface area contributed by atoms with Crippen molar-refractivity contribution in [3.63, 3.8) is 0 Å². The summed E-state index contributed by atoms with van der Waals surface area (Å²) in [5, 5.41) is 2.86. The van der Waals surface area contributed by atoms with Crippen molar-refractivity contribution >= 4 is 11.6 Å². The summed E-state index contributed by atoms with van der Waals surface area (Å²) in [7, 11) is 1.60. The van der Waals surface area contributed by atoms with E-state index in [9.17, 15) is 4.79 Å². The van der Waals surface area contributed by atoms with Crippen LogP contribution in [0, 0.1) is 0 Å². The van der Waals surface area contributed by atoms with Crippen LogP contribution >= 0.6 is 0 Å². The average Bonchev–Trinajstić information content (AvgIpc) is 2.74. The molecule has 1 atom stereocenters. The van der Waals surface area contributed by atoms with Crippen LogP contribution in [0.4, 0.5) is 5.69 Å². The Hall–Kier alpha value is -1.59. The molecule has 1 aromatic carbocycles. The number of benzene rings is 1. The first-order valence-corrected chi connectivity index (χ1v) is 6.09. The van der Waals surface area contributed by atoms with E-state index >= 15 is 0 Å². The number of hydrogen-bond acceptors (Lipinski definition) is 4. The first-order valence-electron chi connectivity index (χ1n) is 6.09. The minimum Gasteiger partial charge on any atom is -0.497 e. The van der Waals surface area contributed by atoms with E-state index in [1.54, 1.807) is 13.2 Å². The molecule has 3 N–H and O–H groups in total. The first-order chi connectivity index (χ1) is 8.67. The molecule has 0 radical (unpaired) electrons. The van der Waals surface area contributed by atoms with E-state index in [1.165, 1.54) is 0 Å². The summed E-state index contributed by atoms with van der Waals surface area (Å²) in [6, 6.07) is 7.54. The monoisotopic (exact) mass is 249 g/mol. The molecular weight excluding hydrogens is 230 g/mol. The van der Waals surface area contributed by atoms with Gasteiger partial charge in [0.1, 0.15) is 5.75 Å². The standard InChI is InChI=1S/C13H19N3O2/c1-18-12-4-2-3-11(7-12)15-13(17)9-16-6-5-10(14)8-16/h2-4,7,10H,5-6,8-9,14H2,1H3,(H,15,17)/t10-/m0/s1. The lowest BCUT2D eigenvalue weighted by Crippen LogP contribution is -2.33. The molecule has 98 valence electrons. The number of anilines is 1. The lowest BCUT2D eigenvalue weighted by molar-refractivity contribution is -0.117.